The third-order valence-corrected chi connectivity index (χ3v) is 10.6. The van der Waals surface area contributed by atoms with E-state index >= 15 is 0 Å². The van der Waals surface area contributed by atoms with E-state index in [1.807, 2.05) is 6.07 Å². The molecule has 2 N–H and O–H groups in total. The first-order valence-electron chi connectivity index (χ1n) is 13.6. The summed E-state index contributed by atoms with van der Waals surface area (Å²) in [5, 5.41) is 6.70. The predicted molar refractivity (Wildman–Crippen MR) is 140 cm³/mol. The number of allylic oxidation sites excluding steroid dienone is 1. The van der Waals surface area contributed by atoms with Gasteiger partial charge in [-0.1, -0.05) is 31.6 Å². The number of nitrogens with zero attached hydrogens (tertiary/aromatic N) is 1. The van der Waals surface area contributed by atoms with Crippen molar-refractivity contribution in [2.45, 2.75) is 89.4 Å². The van der Waals surface area contributed by atoms with Gasteiger partial charge in [-0.2, -0.15) is 0 Å². The molecule has 0 spiro atoms. The average molecular weight is 514 g/mol. The molecule has 3 aliphatic heterocycles. The first-order valence-corrected chi connectivity index (χ1v) is 15.4. The summed E-state index contributed by atoms with van der Waals surface area (Å²) in [5.74, 6) is 1.40. The number of carbonyl (C=O) groups excluding carboxylic acids is 2. The van der Waals surface area contributed by atoms with Gasteiger partial charge in [0.15, 0.2) is 0 Å². The highest BCUT2D eigenvalue weighted by Crippen LogP contribution is 2.33. The summed E-state index contributed by atoms with van der Waals surface area (Å²) in [7, 11) is -2.84. The van der Waals surface area contributed by atoms with Crippen molar-refractivity contribution in [2.75, 3.05) is 11.5 Å². The van der Waals surface area contributed by atoms with Crippen LogP contribution in [0.4, 0.5) is 0 Å². The summed E-state index contributed by atoms with van der Waals surface area (Å²) in [4.78, 5) is 27.3. The minimum absolute atomic E-state index is 0.0512. The molecule has 0 radical (unpaired) electrons. The van der Waals surface area contributed by atoms with E-state index in [9.17, 15) is 18.0 Å². The number of nitrogens with one attached hydrogen (secondary N) is 2. The number of benzene rings is 1. The molecule has 2 saturated heterocycles. The maximum atomic E-state index is 13.1. The Morgan fingerprint density at radius 3 is 2.61 bits per heavy atom. The Labute approximate surface area is 215 Å². The third-order valence-electron chi connectivity index (χ3n) is 8.89. The van der Waals surface area contributed by atoms with Crippen LogP contribution in [-0.2, 0) is 27.6 Å². The minimum atomic E-state index is -2.84. The Morgan fingerprint density at radius 2 is 1.86 bits per heavy atom. The second-order valence-electron chi connectivity index (χ2n) is 11.4. The van der Waals surface area contributed by atoms with Gasteiger partial charge in [-0.15, -0.1) is 0 Å². The van der Waals surface area contributed by atoms with Crippen molar-refractivity contribution in [3.8, 4) is 0 Å². The van der Waals surface area contributed by atoms with Crippen LogP contribution in [0.1, 0.15) is 79.8 Å². The molecule has 8 heteroatoms. The topological polar surface area (TPSA) is 95.6 Å². The molecule has 1 saturated carbocycles. The van der Waals surface area contributed by atoms with Crippen molar-refractivity contribution in [3.05, 3.63) is 47.2 Å². The fraction of sp³-hybridized carbons (Fsp3) is 0.643. The highest BCUT2D eigenvalue weighted by atomic mass is 32.2. The molecule has 196 valence electrons. The van der Waals surface area contributed by atoms with Crippen molar-refractivity contribution in [1.82, 2.24) is 15.5 Å². The smallest absolute Gasteiger partial charge is 0.255 e. The maximum absolute atomic E-state index is 13.1. The lowest BCUT2D eigenvalue weighted by Gasteiger charge is -2.37. The lowest BCUT2D eigenvalue weighted by Crippen LogP contribution is -2.49. The van der Waals surface area contributed by atoms with E-state index < -0.39 is 15.9 Å². The lowest BCUT2D eigenvalue weighted by atomic mass is 9.79. The van der Waals surface area contributed by atoms with Crippen molar-refractivity contribution < 1.29 is 18.0 Å². The van der Waals surface area contributed by atoms with Crippen LogP contribution in [0.15, 0.2) is 30.5 Å². The predicted octanol–water partition coefficient (Wildman–Crippen LogP) is 3.34. The minimum Gasteiger partial charge on any atom is -0.329 e. The van der Waals surface area contributed by atoms with Crippen LogP contribution in [0.3, 0.4) is 0 Å². The molecular formula is C28H39N3O4S. The highest BCUT2D eigenvalue weighted by molar-refractivity contribution is 7.91. The molecule has 7 nitrogen and oxygen atoms in total. The summed E-state index contributed by atoms with van der Waals surface area (Å²) >= 11 is 0. The van der Waals surface area contributed by atoms with Gasteiger partial charge in [0.05, 0.1) is 11.5 Å². The summed E-state index contributed by atoms with van der Waals surface area (Å²) in [6.45, 7) is 6.55. The van der Waals surface area contributed by atoms with Gasteiger partial charge in [-0.25, -0.2) is 8.42 Å². The van der Waals surface area contributed by atoms with Gasteiger partial charge in [0.25, 0.3) is 5.91 Å². The first kappa shape index (κ1) is 25.5. The van der Waals surface area contributed by atoms with E-state index in [-0.39, 0.29) is 11.8 Å². The zero-order valence-corrected chi connectivity index (χ0v) is 22.1. The van der Waals surface area contributed by atoms with Gasteiger partial charge in [-0.05, 0) is 80.9 Å². The summed E-state index contributed by atoms with van der Waals surface area (Å²) in [6, 6.07) is 6.52. The third kappa shape index (κ3) is 5.40. The van der Waals surface area contributed by atoms with E-state index in [0.29, 0.717) is 54.8 Å². The zero-order valence-electron chi connectivity index (χ0n) is 21.3. The number of sulfone groups is 1. The molecule has 0 bridgehead atoms. The molecular weight excluding hydrogens is 474 g/mol. The van der Waals surface area contributed by atoms with Crippen LogP contribution < -0.4 is 10.6 Å². The van der Waals surface area contributed by atoms with Gasteiger partial charge in [0, 0.05) is 29.9 Å². The van der Waals surface area contributed by atoms with E-state index in [2.05, 4.69) is 36.3 Å². The SMILES string of the molecule is C=C1CC[C@H](N2Cc3cc(C[C@H]4CCCC[C@@H]4N[C@@H](C)C4CCS(=O)(=O)CC4)ccc3C2=O)C(=O)N1. The monoisotopic (exact) mass is 513 g/mol. The van der Waals surface area contributed by atoms with E-state index in [0.717, 1.165) is 42.5 Å². The van der Waals surface area contributed by atoms with Crippen LogP contribution in [-0.4, -0.2) is 54.8 Å². The maximum Gasteiger partial charge on any atom is 0.255 e. The number of fused-ring (bicyclic) bond motifs is 1. The summed E-state index contributed by atoms with van der Waals surface area (Å²) < 4.78 is 23.7. The van der Waals surface area contributed by atoms with Gasteiger partial charge < -0.3 is 15.5 Å². The van der Waals surface area contributed by atoms with Crippen LogP contribution in [0, 0.1) is 11.8 Å². The quantitative estimate of drug-likeness (QED) is 0.608. The van der Waals surface area contributed by atoms with E-state index in [1.165, 1.54) is 24.8 Å². The number of rotatable bonds is 6. The lowest BCUT2D eigenvalue weighted by molar-refractivity contribution is -0.126. The number of carbonyl (C=O) groups is 2. The van der Waals surface area contributed by atoms with Crippen LogP contribution >= 0.6 is 0 Å². The van der Waals surface area contributed by atoms with Gasteiger partial charge >= 0.3 is 0 Å². The molecule has 4 aliphatic rings. The van der Waals surface area contributed by atoms with E-state index in [1.54, 1.807) is 4.90 Å². The molecule has 5 rings (SSSR count). The van der Waals surface area contributed by atoms with E-state index in [4.69, 9.17) is 0 Å². The second-order valence-corrected chi connectivity index (χ2v) is 13.7. The number of hydrogen-bond donors (Lipinski definition) is 2. The molecule has 0 aromatic heterocycles. The Kier molecular flexibility index (Phi) is 7.27. The molecule has 36 heavy (non-hydrogen) atoms. The molecule has 2 amide bonds. The molecule has 3 heterocycles. The normalized spacial score (nSPS) is 29.6. The van der Waals surface area contributed by atoms with Crippen molar-refractivity contribution in [2.24, 2.45) is 11.8 Å². The largest absolute Gasteiger partial charge is 0.329 e. The molecule has 4 atom stereocenters. The molecule has 3 fully saturated rings. The van der Waals surface area contributed by atoms with Crippen LogP contribution in [0.25, 0.3) is 0 Å². The van der Waals surface area contributed by atoms with Crippen LogP contribution in [0.2, 0.25) is 0 Å². The highest BCUT2D eigenvalue weighted by Gasteiger charge is 2.38. The summed E-state index contributed by atoms with van der Waals surface area (Å²) in [6.07, 6.45) is 8.60. The number of piperidine rings is 1. The van der Waals surface area contributed by atoms with Gasteiger partial charge in [0.1, 0.15) is 15.9 Å². The standard InChI is InChI=1S/C28H39N3O4S/c1-18-7-10-26(27(32)29-18)31-17-23-16-20(8-9-24(23)28(31)33)15-22-5-3-4-6-25(22)30-19(2)21-11-13-36(34,35)14-12-21/h8-9,16,19,21-22,25-26,30H,1,3-7,10-15,17H2,2H3,(H,29,32)/t19-,22+,25-,26-/m0/s1. The van der Waals surface area contributed by atoms with Crippen LogP contribution in [0.5, 0.6) is 0 Å². The first-order chi connectivity index (χ1) is 17.2. The van der Waals surface area contributed by atoms with Crippen molar-refractivity contribution >= 4 is 21.7 Å². The zero-order chi connectivity index (χ0) is 25.4. The molecule has 1 aromatic carbocycles. The van der Waals surface area contributed by atoms with Gasteiger partial charge in [0.2, 0.25) is 5.91 Å². The number of hydrogen-bond acceptors (Lipinski definition) is 5. The van der Waals surface area contributed by atoms with Crippen molar-refractivity contribution in [1.29, 1.82) is 0 Å². The molecule has 0 unspecified atom stereocenters. The van der Waals surface area contributed by atoms with Gasteiger partial charge in [-0.3, -0.25) is 9.59 Å². The Bertz CT molecular complexity index is 1130. The average Bonchev–Trinajstić information content (AvgIpc) is 3.15. The molecule has 1 aliphatic carbocycles. The number of amides is 2. The fourth-order valence-corrected chi connectivity index (χ4v) is 8.22. The summed E-state index contributed by atoms with van der Waals surface area (Å²) in [5.41, 5.74) is 3.71. The van der Waals surface area contributed by atoms with Crippen molar-refractivity contribution in [3.63, 3.8) is 0 Å². The Balaban J connectivity index is 1.23. The molecule has 1 aromatic rings. The Hall–Kier alpha value is -2.19. The fourth-order valence-electron chi connectivity index (χ4n) is 6.69. The Morgan fingerprint density at radius 1 is 1.11 bits per heavy atom. The second kappa shape index (κ2) is 10.3.